The molecule has 0 saturated heterocycles. The fourth-order valence-corrected chi connectivity index (χ4v) is 3.56. The minimum atomic E-state index is 0.359. The average molecular weight is 353 g/mol. The Morgan fingerprint density at radius 1 is 1.15 bits per heavy atom. The maximum absolute atomic E-state index is 5.60. The SMILES string of the molecule is COCc1nc(NCc2cc3c(cc2OC)CCC3)c2cnn(C)c2n1. The molecule has 0 bridgehead atoms. The number of nitrogens with one attached hydrogen (secondary N) is 1. The fourth-order valence-electron chi connectivity index (χ4n) is 3.56. The first-order valence-corrected chi connectivity index (χ1v) is 8.79. The molecular weight excluding hydrogens is 330 g/mol. The van der Waals surface area contributed by atoms with Gasteiger partial charge in [0.2, 0.25) is 0 Å². The van der Waals surface area contributed by atoms with Gasteiger partial charge in [-0.2, -0.15) is 5.10 Å². The number of aromatic nitrogens is 4. The first kappa shape index (κ1) is 16.8. The molecule has 0 aliphatic heterocycles. The van der Waals surface area contributed by atoms with E-state index in [0.29, 0.717) is 19.0 Å². The monoisotopic (exact) mass is 353 g/mol. The van der Waals surface area contributed by atoms with Gasteiger partial charge in [0.15, 0.2) is 11.5 Å². The molecule has 1 aliphatic rings. The molecule has 1 N–H and O–H groups in total. The largest absolute Gasteiger partial charge is 0.496 e. The van der Waals surface area contributed by atoms with Crippen LogP contribution in [-0.4, -0.2) is 34.0 Å². The molecule has 0 atom stereocenters. The highest BCUT2D eigenvalue weighted by atomic mass is 16.5. The van der Waals surface area contributed by atoms with Gasteiger partial charge in [-0.05, 0) is 36.5 Å². The van der Waals surface area contributed by atoms with Gasteiger partial charge in [-0.15, -0.1) is 0 Å². The minimum absolute atomic E-state index is 0.359. The van der Waals surface area contributed by atoms with Gasteiger partial charge in [0.25, 0.3) is 0 Å². The fraction of sp³-hybridized carbons (Fsp3) is 0.421. The van der Waals surface area contributed by atoms with Crippen molar-refractivity contribution in [2.75, 3.05) is 19.5 Å². The summed E-state index contributed by atoms with van der Waals surface area (Å²) in [5, 5.41) is 8.64. The number of benzene rings is 1. The lowest BCUT2D eigenvalue weighted by molar-refractivity contribution is 0.178. The zero-order valence-electron chi connectivity index (χ0n) is 15.4. The van der Waals surface area contributed by atoms with Gasteiger partial charge in [0.05, 0.1) is 18.7 Å². The molecular formula is C19H23N5O2. The number of methoxy groups -OCH3 is 2. The molecule has 0 radical (unpaired) electrons. The topological polar surface area (TPSA) is 74.1 Å². The van der Waals surface area contributed by atoms with E-state index in [4.69, 9.17) is 9.47 Å². The van der Waals surface area contributed by atoms with Crippen LogP contribution in [0.1, 0.15) is 28.9 Å². The molecule has 7 nitrogen and oxygen atoms in total. The first-order chi connectivity index (χ1) is 12.7. The third kappa shape index (κ3) is 2.99. The number of ether oxygens (including phenoxy) is 2. The zero-order chi connectivity index (χ0) is 18.1. The molecule has 26 heavy (non-hydrogen) atoms. The number of hydrogen-bond donors (Lipinski definition) is 1. The zero-order valence-corrected chi connectivity index (χ0v) is 15.4. The number of aryl methyl sites for hydroxylation is 3. The lowest BCUT2D eigenvalue weighted by atomic mass is 10.0. The van der Waals surface area contributed by atoms with E-state index in [1.165, 1.54) is 17.5 Å². The van der Waals surface area contributed by atoms with Crippen LogP contribution < -0.4 is 10.1 Å². The summed E-state index contributed by atoms with van der Waals surface area (Å²) in [7, 11) is 5.24. The second kappa shape index (κ2) is 6.92. The molecule has 2 aromatic heterocycles. The van der Waals surface area contributed by atoms with Crippen molar-refractivity contribution in [3.8, 4) is 5.75 Å². The number of nitrogens with zero attached hydrogens (tertiary/aromatic N) is 4. The lowest BCUT2D eigenvalue weighted by Gasteiger charge is -2.14. The molecule has 0 unspecified atom stereocenters. The minimum Gasteiger partial charge on any atom is -0.496 e. The van der Waals surface area contributed by atoms with E-state index in [2.05, 4.69) is 32.5 Å². The predicted octanol–water partition coefficient (Wildman–Crippen LogP) is 2.62. The Bertz CT molecular complexity index is 951. The standard InChI is InChI=1S/C19H23N5O2/c1-24-19-15(10-21-24)18(22-17(23-19)11-25-2)20-9-14-7-12-5-4-6-13(12)8-16(14)26-3/h7-8,10H,4-6,9,11H2,1-3H3,(H,20,22,23). The Labute approximate surface area is 152 Å². The van der Waals surface area contributed by atoms with E-state index >= 15 is 0 Å². The van der Waals surface area contributed by atoms with Crippen LogP contribution >= 0.6 is 0 Å². The number of hydrogen-bond acceptors (Lipinski definition) is 6. The second-order valence-electron chi connectivity index (χ2n) is 6.57. The van der Waals surface area contributed by atoms with E-state index in [1.54, 1.807) is 25.1 Å². The Hall–Kier alpha value is -2.67. The Kier molecular flexibility index (Phi) is 4.46. The van der Waals surface area contributed by atoms with Crippen LogP contribution in [0.4, 0.5) is 5.82 Å². The van der Waals surface area contributed by atoms with E-state index in [1.807, 2.05) is 7.05 Å². The molecule has 0 amide bonds. The summed E-state index contributed by atoms with van der Waals surface area (Å²) in [4.78, 5) is 9.13. The van der Waals surface area contributed by atoms with E-state index in [-0.39, 0.29) is 0 Å². The van der Waals surface area contributed by atoms with Crippen molar-refractivity contribution < 1.29 is 9.47 Å². The maximum Gasteiger partial charge on any atom is 0.163 e. The van der Waals surface area contributed by atoms with Crippen molar-refractivity contribution in [3.63, 3.8) is 0 Å². The van der Waals surface area contributed by atoms with Crippen molar-refractivity contribution in [1.29, 1.82) is 0 Å². The quantitative estimate of drug-likeness (QED) is 0.734. The van der Waals surface area contributed by atoms with Crippen LogP contribution in [0.3, 0.4) is 0 Å². The van der Waals surface area contributed by atoms with Crippen LogP contribution in [0, 0.1) is 0 Å². The van der Waals surface area contributed by atoms with Gasteiger partial charge in [-0.1, -0.05) is 6.07 Å². The maximum atomic E-state index is 5.60. The van der Waals surface area contributed by atoms with E-state index in [9.17, 15) is 0 Å². The van der Waals surface area contributed by atoms with Crippen molar-refractivity contribution >= 4 is 16.9 Å². The van der Waals surface area contributed by atoms with Gasteiger partial charge in [-0.25, -0.2) is 9.97 Å². The second-order valence-corrected chi connectivity index (χ2v) is 6.57. The summed E-state index contributed by atoms with van der Waals surface area (Å²) in [6.45, 7) is 0.988. The molecule has 2 heterocycles. The highest BCUT2D eigenvalue weighted by molar-refractivity contribution is 5.86. The smallest absolute Gasteiger partial charge is 0.163 e. The molecule has 1 aromatic carbocycles. The normalized spacial score (nSPS) is 13.2. The summed E-state index contributed by atoms with van der Waals surface area (Å²) >= 11 is 0. The Balaban J connectivity index is 1.66. The summed E-state index contributed by atoms with van der Waals surface area (Å²) in [6.07, 6.45) is 5.29. The van der Waals surface area contributed by atoms with Gasteiger partial charge >= 0.3 is 0 Å². The van der Waals surface area contributed by atoms with Gasteiger partial charge in [-0.3, -0.25) is 4.68 Å². The number of rotatable bonds is 6. The van der Waals surface area contributed by atoms with Crippen LogP contribution in [0.25, 0.3) is 11.0 Å². The van der Waals surface area contributed by atoms with Crippen LogP contribution in [-0.2, 0) is 37.8 Å². The highest BCUT2D eigenvalue weighted by Gasteiger charge is 2.16. The highest BCUT2D eigenvalue weighted by Crippen LogP contribution is 2.30. The summed E-state index contributed by atoms with van der Waals surface area (Å²) in [5.74, 6) is 2.32. The Morgan fingerprint density at radius 2 is 1.96 bits per heavy atom. The van der Waals surface area contributed by atoms with Gasteiger partial charge in [0.1, 0.15) is 18.2 Å². The van der Waals surface area contributed by atoms with Crippen molar-refractivity contribution in [2.45, 2.75) is 32.4 Å². The van der Waals surface area contributed by atoms with Crippen molar-refractivity contribution in [3.05, 3.63) is 40.8 Å². The van der Waals surface area contributed by atoms with Gasteiger partial charge in [0, 0.05) is 26.3 Å². The summed E-state index contributed by atoms with van der Waals surface area (Å²) < 4.78 is 12.5. The summed E-state index contributed by atoms with van der Waals surface area (Å²) in [5.41, 5.74) is 4.76. The molecule has 0 fully saturated rings. The first-order valence-electron chi connectivity index (χ1n) is 8.79. The average Bonchev–Trinajstić information content (AvgIpc) is 3.25. The molecule has 3 aromatic rings. The number of anilines is 1. The number of fused-ring (bicyclic) bond motifs is 2. The van der Waals surface area contributed by atoms with Gasteiger partial charge < -0.3 is 14.8 Å². The third-order valence-electron chi connectivity index (χ3n) is 4.85. The molecule has 1 aliphatic carbocycles. The lowest BCUT2D eigenvalue weighted by Crippen LogP contribution is -2.08. The van der Waals surface area contributed by atoms with Crippen LogP contribution in [0.2, 0.25) is 0 Å². The van der Waals surface area contributed by atoms with Crippen LogP contribution in [0.5, 0.6) is 5.75 Å². The molecule has 0 spiro atoms. The Morgan fingerprint density at radius 3 is 2.73 bits per heavy atom. The third-order valence-corrected chi connectivity index (χ3v) is 4.85. The molecule has 4 rings (SSSR count). The van der Waals surface area contributed by atoms with E-state index in [0.717, 1.165) is 41.0 Å². The van der Waals surface area contributed by atoms with Crippen molar-refractivity contribution in [1.82, 2.24) is 19.7 Å². The molecule has 136 valence electrons. The molecule has 7 heteroatoms. The van der Waals surface area contributed by atoms with Crippen LogP contribution in [0.15, 0.2) is 18.3 Å². The molecule has 0 saturated carbocycles. The van der Waals surface area contributed by atoms with E-state index < -0.39 is 0 Å². The van der Waals surface area contributed by atoms with Crippen molar-refractivity contribution in [2.24, 2.45) is 7.05 Å². The predicted molar refractivity (Wildman–Crippen MR) is 99.4 cm³/mol. The summed E-state index contributed by atoms with van der Waals surface area (Å²) in [6, 6.07) is 4.43.